The summed E-state index contributed by atoms with van der Waals surface area (Å²) in [5.41, 5.74) is 2.59. The lowest BCUT2D eigenvalue weighted by Gasteiger charge is -1.99. The van der Waals surface area contributed by atoms with E-state index in [-0.39, 0.29) is 0 Å². The molecular formula is C15H19N. The van der Waals surface area contributed by atoms with Gasteiger partial charge in [0.25, 0.3) is 0 Å². The van der Waals surface area contributed by atoms with Crippen molar-refractivity contribution in [3.8, 4) is 0 Å². The van der Waals surface area contributed by atoms with Crippen molar-refractivity contribution in [2.75, 3.05) is 0 Å². The van der Waals surface area contributed by atoms with E-state index in [0.717, 1.165) is 6.42 Å². The van der Waals surface area contributed by atoms with Crippen molar-refractivity contribution >= 4 is 0 Å². The number of nitrogens with zero attached hydrogens (tertiary/aromatic N) is 1. The second-order valence-corrected chi connectivity index (χ2v) is 3.73. The van der Waals surface area contributed by atoms with Crippen molar-refractivity contribution in [3.05, 3.63) is 66.0 Å². The first kappa shape index (κ1) is 12.4. The standard InChI is InChI=1S/C12H11N.C3H8/c1-2-5-11(6-3-1)9-12-7-4-8-13-10-12;1-3-2/h1-8,10H,9H2;3H2,1-2H3. The summed E-state index contributed by atoms with van der Waals surface area (Å²) in [6, 6.07) is 14.5. The highest BCUT2D eigenvalue weighted by Crippen LogP contribution is 2.06. The zero-order chi connectivity index (χ0) is 11.6. The molecule has 0 spiro atoms. The van der Waals surface area contributed by atoms with Crippen molar-refractivity contribution < 1.29 is 0 Å². The first-order valence-electron chi connectivity index (χ1n) is 5.79. The molecule has 0 N–H and O–H groups in total. The van der Waals surface area contributed by atoms with Gasteiger partial charge in [-0.1, -0.05) is 56.7 Å². The third kappa shape index (κ3) is 4.74. The maximum absolute atomic E-state index is 4.08. The fourth-order valence-electron chi connectivity index (χ4n) is 1.33. The number of rotatable bonds is 2. The summed E-state index contributed by atoms with van der Waals surface area (Å²) in [5.74, 6) is 0. The van der Waals surface area contributed by atoms with E-state index in [1.807, 2.05) is 18.3 Å². The highest BCUT2D eigenvalue weighted by molar-refractivity contribution is 5.23. The van der Waals surface area contributed by atoms with Crippen molar-refractivity contribution in [1.82, 2.24) is 4.98 Å². The maximum Gasteiger partial charge on any atom is 0.0303 e. The van der Waals surface area contributed by atoms with Gasteiger partial charge in [-0.3, -0.25) is 4.98 Å². The molecule has 16 heavy (non-hydrogen) atoms. The molecule has 0 unspecified atom stereocenters. The Morgan fingerprint density at radius 1 is 0.875 bits per heavy atom. The van der Waals surface area contributed by atoms with Gasteiger partial charge in [-0.25, -0.2) is 0 Å². The predicted molar refractivity (Wildman–Crippen MR) is 69.5 cm³/mol. The lowest BCUT2D eigenvalue weighted by Crippen LogP contribution is -1.87. The second kappa shape index (κ2) is 7.63. The van der Waals surface area contributed by atoms with Crippen molar-refractivity contribution in [1.29, 1.82) is 0 Å². The Morgan fingerprint density at radius 3 is 2.06 bits per heavy atom. The van der Waals surface area contributed by atoms with Crippen LogP contribution in [0.5, 0.6) is 0 Å². The minimum atomic E-state index is 0.967. The van der Waals surface area contributed by atoms with E-state index >= 15 is 0 Å². The molecule has 0 radical (unpaired) electrons. The zero-order valence-corrected chi connectivity index (χ0v) is 10.1. The van der Waals surface area contributed by atoms with Crippen LogP contribution < -0.4 is 0 Å². The molecule has 0 fully saturated rings. The Morgan fingerprint density at radius 2 is 1.50 bits per heavy atom. The molecule has 0 atom stereocenters. The molecule has 0 aliphatic rings. The third-order valence-corrected chi connectivity index (χ3v) is 1.97. The van der Waals surface area contributed by atoms with Crippen LogP contribution in [0.15, 0.2) is 54.9 Å². The van der Waals surface area contributed by atoms with Gasteiger partial charge in [0.2, 0.25) is 0 Å². The molecule has 1 aromatic heterocycles. The second-order valence-electron chi connectivity index (χ2n) is 3.73. The maximum atomic E-state index is 4.08. The van der Waals surface area contributed by atoms with E-state index in [0.29, 0.717) is 0 Å². The Kier molecular flexibility index (Phi) is 5.94. The van der Waals surface area contributed by atoms with Crippen molar-refractivity contribution in [3.63, 3.8) is 0 Å². The summed E-state index contributed by atoms with van der Waals surface area (Å²) in [7, 11) is 0. The Balaban J connectivity index is 0.000000386. The van der Waals surface area contributed by atoms with Crippen molar-refractivity contribution in [2.45, 2.75) is 26.7 Å². The number of aromatic nitrogens is 1. The normalized spacial score (nSPS) is 9.12. The molecule has 1 aromatic carbocycles. The van der Waals surface area contributed by atoms with Gasteiger partial charge in [-0.2, -0.15) is 0 Å². The Hall–Kier alpha value is -1.63. The Labute approximate surface area is 98.2 Å². The van der Waals surface area contributed by atoms with Crippen LogP contribution in [0.25, 0.3) is 0 Å². The fourth-order valence-corrected chi connectivity index (χ4v) is 1.33. The van der Waals surface area contributed by atoms with Gasteiger partial charge >= 0.3 is 0 Å². The topological polar surface area (TPSA) is 12.9 Å². The molecule has 1 nitrogen and oxygen atoms in total. The SMILES string of the molecule is CCC.c1ccc(Cc2cccnc2)cc1. The van der Waals surface area contributed by atoms with Gasteiger partial charge in [-0.15, -0.1) is 0 Å². The summed E-state index contributed by atoms with van der Waals surface area (Å²) in [6.45, 7) is 4.25. The van der Waals surface area contributed by atoms with E-state index in [4.69, 9.17) is 0 Å². The molecule has 2 rings (SSSR count). The minimum absolute atomic E-state index is 0.967. The molecule has 84 valence electrons. The number of benzene rings is 1. The predicted octanol–water partition coefficient (Wildman–Crippen LogP) is 4.09. The zero-order valence-electron chi connectivity index (χ0n) is 10.1. The summed E-state index contributed by atoms with van der Waals surface area (Å²) in [6.07, 6.45) is 5.93. The molecule has 0 saturated carbocycles. The van der Waals surface area contributed by atoms with Crippen LogP contribution in [0.3, 0.4) is 0 Å². The molecular weight excluding hydrogens is 194 g/mol. The highest BCUT2D eigenvalue weighted by Gasteiger charge is 1.93. The summed E-state index contributed by atoms with van der Waals surface area (Å²) in [5, 5.41) is 0. The van der Waals surface area contributed by atoms with Crippen LogP contribution in [0.4, 0.5) is 0 Å². The van der Waals surface area contributed by atoms with Crippen LogP contribution in [0.2, 0.25) is 0 Å². The minimum Gasteiger partial charge on any atom is -0.264 e. The molecule has 0 bridgehead atoms. The van der Waals surface area contributed by atoms with Crippen LogP contribution in [-0.4, -0.2) is 4.98 Å². The fraction of sp³-hybridized carbons (Fsp3) is 0.267. The molecule has 0 aliphatic carbocycles. The third-order valence-electron chi connectivity index (χ3n) is 1.97. The van der Waals surface area contributed by atoms with Gasteiger partial charge in [-0.05, 0) is 23.6 Å². The van der Waals surface area contributed by atoms with Gasteiger partial charge in [0.05, 0.1) is 0 Å². The van der Waals surface area contributed by atoms with Gasteiger partial charge in [0, 0.05) is 12.4 Å². The molecule has 1 heteroatoms. The van der Waals surface area contributed by atoms with Crippen LogP contribution in [-0.2, 0) is 6.42 Å². The average Bonchev–Trinajstić information content (AvgIpc) is 2.33. The summed E-state index contributed by atoms with van der Waals surface area (Å²) in [4.78, 5) is 4.08. The van der Waals surface area contributed by atoms with E-state index in [9.17, 15) is 0 Å². The molecule has 1 heterocycles. The quantitative estimate of drug-likeness (QED) is 0.732. The van der Waals surface area contributed by atoms with Crippen molar-refractivity contribution in [2.24, 2.45) is 0 Å². The number of pyridine rings is 1. The summed E-state index contributed by atoms with van der Waals surface area (Å²) < 4.78 is 0. The van der Waals surface area contributed by atoms with Crippen LogP contribution in [0, 0.1) is 0 Å². The van der Waals surface area contributed by atoms with E-state index in [1.165, 1.54) is 17.5 Å². The molecule has 2 aromatic rings. The van der Waals surface area contributed by atoms with Gasteiger partial charge < -0.3 is 0 Å². The molecule has 0 saturated heterocycles. The van der Waals surface area contributed by atoms with Gasteiger partial charge in [0.15, 0.2) is 0 Å². The van der Waals surface area contributed by atoms with Crippen LogP contribution in [0.1, 0.15) is 31.4 Å². The monoisotopic (exact) mass is 213 g/mol. The summed E-state index contributed by atoms with van der Waals surface area (Å²) >= 11 is 0. The Bertz CT molecular complexity index is 330. The average molecular weight is 213 g/mol. The first-order valence-corrected chi connectivity index (χ1v) is 5.79. The first-order chi connectivity index (χ1) is 7.86. The lowest BCUT2D eigenvalue weighted by molar-refractivity contribution is 1.09. The smallest absolute Gasteiger partial charge is 0.0303 e. The van der Waals surface area contributed by atoms with E-state index in [2.05, 4.69) is 49.2 Å². The highest BCUT2D eigenvalue weighted by atomic mass is 14.6. The van der Waals surface area contributed by atoms with E-state index in [1.54, 1.807) is 6.20 Å². The van der Waals surface area contributed by atoms with E-state index < -0.39 is 0 Å². The number of hydrogen-bond acceptors (Lipinski definition) is 1. The van der Waals surface area contributed by atoms with Crippen LogP contribution >= 0.6 is 0 Å². The molecule has 0 aliphatic heterocycles. The lowest BCUT2D eigenvalue weighted by atomic mass is 10.1. The van der Waals surface area contributed by atoms with Gasteiger partial charge in [0.1, 0.15) is 0 Å². The molecule has 0 amide bonds. The largest absolute Gasteiger partial charge is 0.264 e. The number of hydrogen-bond donors (Lipinski definition) is 0.